The standard InChI is InChI=1S/C26H19ClF4N4O3/c1-38-20-13-16(35-24(37)32-22(34-35)21-18(27)3-2-4-19(21)28)9-10-17(20)23(36)33-25(11-12-25)14-5-7-15(8-6-14)26(29,30)31/h2-10,13H,11-12H2,1H3,(H,33,36)(H,32,34,37). The fraction of sp³-hybridized carbons (Fsp3) is 0.192. The normalized spacial score (nSPS) is 14.3. The summed E-state index contributed by atoms with van der Waals surface area (Å²) in [6.07, 6.45) is -3.32. The van der Waals surface area contributed by atoms with E-state index in [0.717, 1.165) is 16.8 Å². The van der Waals surface area contributed by atoms with E-state index in [9.17, 15) is 27.2 Å². The van der Waals surface area contributed by atoms with E-state index in [2.05, 4.69) is 15.4 Å². The number of benzene rings is 3. The van der Waals surface area contributed by atoms with E-state index in [1.165, 1.54) is 55.6 Å². The van der Waals surface area contributed by atoms with Gasteiger partial charge in [0.15, 0.2) is 5.82 Å². The van der Waals surface area contributed by atoms with Crippen LogP contribution in [0.3, 0.4) is 0 Å². The average Bonchev–Trinajstić information content (AvgIpc) is 3.56. The number of hydrogen-bond acceptors (Lipinski definition) is 4. The quantitative estimate of drug-likeness (QED) is 0.314. The number of hydrogen-bond donors (Lipinski definition) is 2. The Morgan fingerprint density at radius 1 is 1.13 bits per heavy atom. The minimum atomic E-state index is -4.45. The Kier molecular flexibility index (Phi) is 6.26. The van der Waals surface area contributed by atoms with Crippen LogP contribution in [-0.4, -0.2) is 27.8 Å². The second-order valence-corrected chi connectivity index (χ2v) is 9.19. The fourth-order valence-electron chi connectivity index (χ4n) is 4.21. The monoisotopic (exact) mass is 546 g/mol. The second kappa shape index (κ2) is 9.32. The molecule has 7 nitrogen and oxygen atoms in total. The largest absolute Gasteiger partial charge is 0.496 e. The number of carbonyl (C=O) groups is 1. The van der Waals surface area contributed by atoms with Gasteiger partial charge in [-0.15, -0.1) is 5.10 Å². The molecule has 0 saturated heterocycles. The zero-order valence-corrected chi connectivity index (χ0v) is 20.5. The highest BCUT2D eigenvalue weighted by atomic mass is 35.5. The van der Waals surface area contributed by atoms with Crippen LogP contribution in [0.25, 0.3) is 17.1 Å². The molecule has 3 aromatic carbocycles. The van der Waals surface area contributed by atoms with Gasteiger partial charge in [0.1, 0.15) is 11.6 Å². The van der Waals surface area contributed by atoms with Gasteiger partial charge in [-0.05, 0) is 54.8 Å². The highest BCUT2D eigenvalue weighted by Gasteiger charge is 2.46. The van der Waals surface area contributed by atoms with Crippen LogP contribution in [-0.2, 0) is 11.7 Å². The molecule has 4 aromatic rings. The molecule has 1 heterocycles. The number of rotatable bonds is 6. The van der Waals surface area contributed by atoms with Crippen LogP contribution in [0.1, 0.15) is 34.3 Å². The predicted octanol–water partition coefficient (Wildman–Crippen LogP) is 5.47. The van der Waals surface area contributed by atoms with Gasteiger partial charge < -0.3 is 10.1 Å². The molecule has 0 radical (unpaired) electrons. The number of nitrogens with zero attached hydrogens (tertiary/aromatic N) is 2. The third-order valence-electron chi connectivity index (χ3n) is 6.36. The van der Waals surface area contributed by atoms with Crippen LogP contribution in [0.15, 0.2) is 65.5 Å². The Balaban J connectivity index is 1.41. The van der Waals surface area contributed by atoms with Gasteiger partial charge in [-0.25, -0.2) is 9.18 Å². The Morgan fingerprint density at radius 3 is 2.45 bits per heavy atom. The molecule has 1 saturated carbocycles. The van der Waals surface area contributed by atoms with Crippen molar-refractivity contribution in [3.8, 4) is 22.8 Å². The summed E-state index contributed by atoms with van der Waals surface area (Å²) in [5, 5.41) is 7.11. The number of halogens is 5. The molecule has 0 aliphatic heterocycles. The Labute approximate surface area is 218 Å². The molecule has 1 fully saturated rings. The molecule has 1 aromatic heterocycles. The maximum Gasteiger partial charge on any atom is 0.416 e. The zero-order valence-electron chi connectivity index (χ0n) is 19.7. The fourth-order valence-corrected chi connectivity index (χ4v) is 4.46. The van der Waals surface area contributed by atoms with Crippen molar-refractivity contribution in [1.82, 2.24) is 20.1 Å². The zero-order chi connectivity index (χ0) is 27.2. The van der Waals surface area contributed by atoms with Gasteiger partial charge >= 0.3 is 11.9 Å². The van der Waals surface area contributed by atoms with Crippen LogP contribution < -0.4 is 15.7 Å². The SMILES string of the molecule is COc1cc(-n2nc(-c3c(F)cccc3Cl)[nH]c2=O)ccc1C(=O)NC1(c2ccc(C(F)(F)F)cc2)CC1. The maximum absolute atomic E-state index is 14.3. The number of aromatic amines is 1. The molecule has 0 bridgehead atoms. The summed E-state index contributed by atoms with van der Waals surface area (Å²) in [6, 6.07) is 13.1. The smallest absolute Gasteiger partial charge is 0.416 e. The summed E-state index contributed by atoms with van der Waals surface area (Å²) in [6.45, 7) is 0. The minimum Gasteiger partial charge on any atom is -0.496 e. The van der Waals surface area contributed by atoms with Crippen LogP contribution in [0, 0.1) is 5.82 Å². The first-order chi connectivity index (χ1) is 18.0. The van der Waals surface area contributed by atoms with Crippen LogP contribution in [0.2, 0.25) is 5.02 Å². The van der Waals surface area contributed by atoms with E-state index >= 15 is 0 Å². The van der Waals surface area contributed by atoms with Crippen molar-refractivity contribution in [3.63, 3.8) is 0 Å². The topological polar surface area (TPSA) is 89.0 Å². The van der Waals surface area contributed by atoms with Crippen LogP contribution in [0.5, 0.6) is 5.75 Å². The molecule has 0 unspecified atom stereocenters. The van der Waals surface area contributed by atoms with Gasteiger partial charge in [0.05, 0.1) is 40.0 Å². The van der Waals surface area contributed by atoms with Gasteiger partial charge in [0.25, 0.3) is 5.91 Å². The predicted molar refractivity (Wildman–Crippen MR) is 131 cm³/mol. The van der Waals surface area contributed by atoms with Crippen molar-refractivity contribution in [3.05, 3.63) is 98.7 Å². The molecule has 5 rings (SSSR count). The Morgan fingerprint density at radius 2 is 1.84 bits per heavy atom. The summed E-state index contributed by atoms with van der Waals surface area (Å²) in [7, 11) is 1.34. The first kappa shape index (κ1) is 25.5. The van der Waals surface area contributed by atoms with Crippen molar-refractivity contribution in [1.29, 1.82) is 0 Å². The highest BCUT2D eigenvalue weighted by Crippen LogP contribution is 2.46. The molecule has 1 aliphatic rings. The third-order valence-corrected chi connectivity index (χ3v) is 6.67. The number of ether oxygens (including phenoxy) is 1. The summed E-state index contributed by atoms with van der Waals surface area (Å²) < 4.78 is 59.4. The summed E-state index contributed by atoms with van der Waals surface area (Å²) >= 11 is 6.08. The molecule has 196 valence electrons. The second-order valence-electron chi connectivity index (χ2n) is 8.78. The van der Waals surface area contributed by atoms with Crippen molar-refractivity contribution < 1.29 is 27.1 Å². The number of aromatic nitrogens is 3. The third kappa shape index (κ3) is 4.65. The highest BCUT2D eigenvalue weighted by molar-refractivity contribution is 6.33. The number of methoxy groups -OCH3 is 1. The lowest BCUT2D eigenvalue weighted by Gasteiger charge is -2.20. The van der Waals surface area contributed by atoms with E-state index in [4.69, 9.17) is 16.3 Å². The molecule has 12 heteroatoms. The molecule has 1 aliphatic carbocycles. The van der Waals surface area contributed by atoms with Crippen LogP contribution >= 0.6 is 11.6 Å². The number of nitrogens with one attached hydrogen (secondary N) is 2. The Bertz CT molecular complexity index is 1570. The van der Waals surface area contributed by atoms with Crippen molar-refractivity contribution in [2.45, 2.75) is 24.6 Å². The van der Waals surface area contributed by atoms with Gasteiger partial charge in [-0.2, -0.15) is 17.9 Å². The van der Waals surface area contributed by atoms with Crippen LogP contribution in [0.4, 0.5) is 17.6 Å². The number of amides is 1. The molecular weight excluding hydrogens is 528 g/mol. The first-order valence-corrected chi connectivity index (χ1v) is 11.7. The van der Waals surface area contributed by atoms with E-state index in [1.54, 1.807) is 0 Å². The summed E-state index contributed by atoms with van der Waals surface area (Å²) in [4.78, 5) is 28.2. The van der Waals surface area contributed by atoms with E-state index in [0.29, 0.717) is 18.4 Å². The minimum absolute atomic E-state index is 0.0639. The van der Waals surface area contributed by atoms with Crippen molar-refractivity contribution >= 4 is 17.5 Å². The lowest BCUT2D eigenvalue weighted by molar-refractivity contribution is -0.137. The molecule has 2 N–H and O–H groups in total. The van der Waals surface area contributed by atoms with Gasteiger partial charge in [-0.3, -0.25) is 9.78 Å². The molecular formula is C26H19ClF4N4O3. The molecule has 38 heavy (non-hydrogen) atoms. The lowest BCUT2D eigenvalue weighted by atomic mass is 10.0. The van der Waals surface area contributed by atoms with Crippen molar-refractivity contribution in [2.75, 3.05) is 7.11 Å². The maximum atomic E-state index is 14.3. The molecule has 0 spiro atoms. The average molecular weight is 547 g/mol. The first-order valence-electron chi connectivity index (χ1n) is 11.3. The van der Waals surface area contributed by atoms with Gasteiger partial charge in [0.2, 0.25) is 0 Å². The summed E-state index contributed by atoms with van der Waals surface area (Å²) in [5.74, 6) is -1.11. The van der Waals surface area contributed by atoms with E-state index < -0.39 is 34.7 Å². The summed E-state index contributed by atoms with van der Waals surface area (Å²) in [5.41, 5.74) is -1.33. The Hall–Kier alpha value is -4.12. The van der Waals surface area contributed by atoms with Gasteiger partial charge in [-0.1, -0.05) is 29.8 Å². The van der Waals surface area contributed by atoms with E-state index in [1.807, 2.05) is 0 Å². The number of carbonyl (C=O) groups excluding carboxylic acids is 1. The molecule has 1 amide bonds. The van der Waals surface area contributed by atoms with Gasteiger partial charge in [0, 0.05) is 6.07 Å². The number of alkyl halides is 3. The lowest BCUT2D eigenvalue weighted by Crippen LogP contribution is -2.35. The molecule has 0 atom stereocenters. The number of H-pyrrole nitrogens is 1. The van der Waals surface area contributed by atoms with E-state index in [-0.39, 0.29) is 33.4 Å². The van der Waals surface area contributed by atoms with Crippen molar-refractivity contribution in [2.24, 2.45) is 0 Å².